The van der Waals surface area contributed by atoms with Gasteiger partial charge in [-0.15, -0.1) is 0 Å². The van der Waals surface area contributed by atoms with Crippen LogP contribution >= 0.6 is 11.6 Å². The smallest absolute Gasteiger partial charge is 0.319 e. The predicted molar refractivity (Wildman–Crippen MR) is 107 cm³/mol. The number of hydrogen-bond donors (Lipinski definition) is 0. The molecule has 3 fully saturated rings. The van der Waals surface area contributed by atoms with Gasteiger partial charge in [0.15, 0.2) is 11.0 Å². The first kappa shape index (κ1) is 18.7. The zero-order valence-electron chi connectivity index (χ0n) is 16.4. The number of halogens is 3. The van der Waals surface area contributed by atoms with Gasteiger partial charge in [0.25, 0.3) is 0 Å². The fraction of sp³-hybridized carbons (Fsp3) is 0.650. The van der Waals surface area contributed by atoms with Gasteiger partial charge in [0.05, 0.1) is 11.6 Å². The second kappa shape index (κ2) is 6.75. The molecule has 6 rings (SSSR count). The van der Waals surface area contributed by atoms with Gasteiger partial charge < -0.3 is 14.4 Å². The molecule has 0 aromatic carbocycles. The van der Waals surface area contributed by atoms with E-state index in [1.54, 1.807) is 0 Å². The Kier molecular flexibility index (Phi) is 4.22. The number of anilines is 1. The quantitative estimate of drug-likeness (QED) is 0.683. The molecule has 0 aliphatic carbocycles. The molecule has 1 unspecified atom stereocenters. The lowest BCUT2D eigenvalue weighted by molar-refractivity contribution is 0.107. The molecule has 3 atom stereocenters. The highest BCUT2D eigenvalue weighted by atomic mass is 35.5. The van der Waals surface area contributed by atoms with Gasteiger partial charge in [0, 0.05) is 19.5 Å². The van der Waals surface area contributed by atoms with Crippen molar-refractivity contribution in [3.8, 4) is 11.9 Å². The molecule has 0 N–H and O–H groups in total. The summed E-state index contributed by atoms with van der Waals surface area (Å²) in [4.78, 5) is 17.3. The number of fused-ring (bicyclic) bond motifs is 3. The first-order valence-electron chi connectivity index (χ1n) is 10.5. The number of pyridine rings is 1. The SMILES string of the molecule is Fc1c(Cl)nc2c3c(nc(OC[C@@]45CCCN4C[C@H](F)C5)nc13)N1CCCC1CO2. The topological polar surface area (TPSA) is 63.6 Å². The summed E-state index contributed by atoms with van der Waals surface area (Å²) in [7, 11) is 0. The molecule has 3 saturated heterocycles. The van der Waals surface area contributed by atoms with Crippen LogP contribution in [0.15, 0.2) is 0 Å². The van der Waals surface area contributed by atoms with Crippen molar-refractivity contribution in [2.24, 2.45) is 0 Å². The molecule has 160 valence electrons. The molecular formula is C20H22ClF2N5O2. The highest BCUT2D eigenvalue weighted by molar-refractivity contribution is 6.30. The fourth-order valence-corrected chi connectivity index (χ4v) is 5.73. The van der Waals surface area contributed by atoms with E-state index in [9.17, 15) is 8.78 Å². The van der Waals surface area contributed by atoms with E-state index in [1.165, 1.54) is 0 Å². The summed E-state index contributed by atoms with van der Waals surface area (Å²) < 4.78 is 40.8. The van der Waals surface area contributed by atoms with Crippen LogP contribution < -0.4 is 14.4 Å². The van der Waals surface area contributed by atoms with E-state index >= 15 is 0 Å². The molecule has 30 heavy (non-hydrogen) atoms. The monoisotopic (exact) mass is 437 g/mol. The van der Waals surface area contributed by atoms with Crippen LogP contribution in [0.3, 0.4) is 0 Å². The second-order valence-corrected chi connectivity index (χ2v) is 9.10. The van der Waals surface area contributed by atoms with Crippen LogP contribution in [0, 0.1) is 5.82 Å². The lowest BCUT2D eigenvalue weighted by Gasteiger charge is -2.31. The molecule has 0 amide bonds. The van der Waals surface area contributed by atoms with Gasteiger partial charge in [0.1, 0.15) is 36.1 Å². The Bertz CT molecular complexity index is 1030. The standard InChI is InChI=1S/C20H22ClF2N5O2/c21-16-14(23)15-13-17(28-6-1-3-12(28)9-29-18(13)25-16)26-19(24-15)30-10-20-4-2-5-27(20)8-11(22)7-20/h11-12H,1-10H2/t11-,12?,20+/m1/s1. The van der Waals surface area contributed by atoms with E-state index in [0.717, 1.165) is 38.8 Å². The molecular weight excluding hydrogens is 416 g/mol. The van der Waals surface area contributed by atoms with Crippen molar-refractivity contribution < 1.29 is 18.3 Å². The largest absolute Gasteiger partial charge is 0.475 e. The van der Waals surface area contributed by atoms with Gasteiger partial charge in [-0.25, -0.2) is 8.78 Å². The zero-order valence-corrected chi connectivity index (χ0v) is 17.2. The van der Waals surface area contributed by atoms with Crippen molar-refractivity contribution in [1.82, 2.24) is 19.9 Å². The Hall–Kier alpha value is -2.00. The highest BCUT2D eigenvalue weighted by Gasteiger charge is 2.49. The van der Waals surface area contributed by atoms with Crippen molar-refractivity contribution in [2.45, 2.75) is 49.9 Å². The Morgan fingerprint density at radius 1 is 1.23 bits per heavy atom. The Balaban J connectivity index is 1.42. The first-order chi connectivity index (χ1) is 14.5. The van der Waals surface area contributed by atoms with Crippen LogP contribution in [-0.4, -0.2) is 70.5 Å². The van der Waals surface area contributed by atoms with Crippen molar-refractivity contribution >= 4 is 28.3 Å². The Labute approximate surface area is 177 Å². The lowest BCUT2D eigenvalue weighted by atomic mass is 9.95. The molecule has 7 nitrogen and oxygen atoms in total. The van der Waals surface area contributed by atoms with Crippen LogP contribution in [0.1, 0.15) is 32.1 Å². The minimum absolute atomic E-state index is 0.0492. The molecule has 0 radical (unpaired) electrons. The maximum absolute atomic E-state index is 14.9. The van der Waals surface area contributed by atoms with E-state index in [4.69, 9.17) is 21.1 Å². The third-order valence-electron chi connectivity index (χ3n) is 6.96. The molecule has 2 aromatic heterocycles. The third-order valence-corrected chi connectivity index (χ3v) is 7.21. The van der Waals surface area contributed by atoms with Crippen LogP contribution in [0.4, 0.5) is 14.6 Å². The maximum Gasteiger partial charge on any atom is 0.319 e. The summed E-state index contributed by atoms with van der Waals surface area (Å²) in [6.07, 6.45) is 3.47. The molecule has 0 bridgehead atoms. The predicted octanol–water partition coefficient (Wildman–Crippen LogP) is 3.13. The summed E-state index contributed by atoms with van der Waals surface area (Å²) in [5.74, 6) is 0.114. The van der Waals surface area contributed by atoms with Gasteiger partial charge in [-0.1, -0.05) is 11.6 Å². The third kappa shape index (κ3) is 2.74. The van der Waals surface area contributed by atoms with E-state index in [-0.39, 0.29) is 40.7 Å². The number of nitrogens with zero attached hydrogens (tertiary/aromatic N) is 5. The molecule has 2 aromatic rings. The van der Waals surface area contributed by atoms with Gasteiger partial charge in [-0.3, -0.25) is 4.90 Å². The average Bonchev–Trinajstić information content (AvgIpc) is 3.39. The van der Waals surface area contributed by atoms with Crippen molar-refractivity contribution in [3.05, 3.63) is 11.0 Å². The van der Waals surface area contributed by atoms with Crippen molar-refractivity contribution in [2.75, 3.05) is 37.7 Å². The Morgan fingerprint density at radius 2 is 2.13 bits per heavy atom. The molecule has 10 heteroatoms. The number of rotatable bonds is 3. The molecule has 0 saturated carbocycles. The summed E-state index contributed by atoms with van der Waals surface area (Å²) in [5, 5.41) is 0.144. The molecule has 4 aliphatic heterocycles. The average molecular weight is 438 g/mol. The van der Waals surface area contributed by atoms with Crippen molar-refractivity contribution in [3.63, 3.8) is 0 Å². The number of hydrogen-bond acceptors (Lipinski definition) is 7. The van der Waals surface area contributed by atoms with Gasteiger partial charge in [0.2, 0.25) is 5.88 Å². The minimum Gasteiger partial charge on any atom is -0.475 e. The minimum atomic E-state index is -0.844. The maximum atomic E-state index is 14.9. The van der Waals surface area contributed by atoms with Crippen molar-refractivity contribution in [1.29, 1.82) is 0 Å². The van der Waals surface area contributed by atoms with Crippen LogP contribution in [0.5, 0.6) is 11.9 Å². The van der Waals surface area contributed by atoms with E-state index in [0.29, 0.717) is 30.8 Å². The summed E-state index contributed by atoms with van der Waals surface area (Å²) in [6.45, 7) is 2.83. The number of aromatic nitrogens is 3. The van der Waals surface area contributed by atoms with Gasteiger partial charge in [-0.05, 0) is 32.2 Å². The number of alkyl halides is 1. The lowest BCUT2D eigenvalue weighted by Crippen LogP contribution is -2.43. The Morgan fingerprint density at radius 3 is 3.03 bits per heavy atom. The summed E-state index contributed by atoms with van der Waals surface area (Å²) >= 11 is 6.01. The van der Waals surface area contributed by atoms with Gasteiger partial charge in [-0.2, -0.15) is 15.0 Å². The van der Waals surface area contributed by atoms with Crippen LogP contribution in [0.25, 0.3) is 10.9 Å². The second-order valence-electron chi connectivity index (χ2n) is 8.74. The fourth-order valence-electron chi connectivity index (χ4n) is 5.56. The van der Waals surface area contributed by atoms with E-state index in [1.807, 2.05) is 0 Å². The van der Waals surface area contributed by atoms with E-state index < -0.39 is 12.0 Å². The zero-order chi connectivity index (χ0) is 20.5. The van der Waals surface area contributed by atoms with Crippen LogP contribution in [-0.2, 0) is 0 Å². The number of ether oxygens (including phenoxy) is 2. The van der Waals surface area contributed by atoms with Gasteiger partial charge >= 0.3 is 6.01 Å². The molecule has 4 aliphatic rings. The van der Waals surface area contributed by atoms with Crippen LogP contribution in [0.2, 0.25) is 5.15 Å². The molecule has 0 spiro atoms. The first-order valence-corrected chi connectivity index (χ1v) is 10.9. The molecule has 6 heterocycles. The normalized spacial score (nSPS) is 30.3. The summed E-state index contributed by atoms with van der Waals surface area (Å²) in [5.41, 5.74) is -0.279. The summed E-state index contributed by atoms with van der Waals surface area (Å²) in [6, 6.07) is 0.221. The van der Waals surface area contributed by atoms with E-state index in [2.05, 4.69) is 24.8 Å². The highest BCUT2D eigenvalue weighted by Crippen LogP contribution is 2.43.